The minimum Gasteiger partial charge on any atom is -0.419 e. The summed E-state index contributed by atoms with van der Waals surface area (Å²) in [6, 6.07) is 14.9. The van der Waals surface area contributed by atoms with Crippen molar-refractivity contribution in [2.75, 3.05) is 0 Å². The number of hydrogen-bond acceptors (Lipinski definition) is 4. The van der Waals surface area contributed by atoms with Gasteiger partial charge in [-0.15, -0.1) is 10.2 Å². The van der Waals surface area contributed by atoms with Crippen molar-refractivity contribution in [3.63, 3.8) is 0 Å². The molecule has 1 aromatic heterocycles. The van der Waals surface area contributed by atoms with E-state index in [1.165, 1.54) is 0 Å². The van der Waals surface area contributed by atoms with Gasteiger partial charge < -0.3 is 9.73 Å². The molecule has 0 spiro atoms. The predicted molar refractivity (Wildman–Crippen MR) is 89.8 cm³/mol. The lowest BCUT2D eigenvalue weighted by atomic mass is 10.1. The molecule has 0 radical (unpaired) electrons. The van der Waals surface area contributed by atoms with E-state index in [-0.39, 0.29) is 12.5 Å². The Hall–Kier alpha value is -2.47. The number of hydrogen-bond donors (Lipinski definition) is 1. The van der Waals surface area contributed by atoms with E-state index < -0.39 is 0 Å². The Kier molecular flexibility index (Phi) is 4.52. The molecule has 3 rings (SSSR count). The van der Waals surface area contributed by atoms with Crippen LogP contribution in [0.5, 0.6) is 0 Å². The van der Waals surface area contributed by atoms with Gasteiger partial charge in [-0.2, -0.15) is 0 Å². The van der Waals surface area contributed by atoms with Crippen LogP contribution in [-0.2, 0) is 6.54 Å². The molecule has 0 aliphatic heterocycles. The van der Waals surface area contributed by atoms with Gasteiger partial charge >= 0.3 is 0 Å². The van der Waals surface area contributed by atoms with Crippen molar-refractivity contribution in [2.24, 2.45) is 0 Å². The van der Waals surface area contributed by atoms with E-state index in [1.54, 1.807) is 12.1 Å². The van der Waals surface area contributed by atoms with Crippen LogP contribution >= 0.6 is 15.9 Å². The number of carbonyl (C=O) groups is 1. The second kappa shape index (κ2) is 6.75. The van der Waals surface area contributed by atoms with Crippen molar-refractivity contribution in [2.45, 2.75) is 13.5 Å². The molecule has 2 aromatic carbocycles. The van der Waals surface area contributed by atoms with E-state index in [4.69, 9.17) is 4.42 Å². The summed E-state index contributed by atoms with van der Waals surface area (Å²) in [5, 5.41) is 10.8. The summed E-state index contributed by atoms with van der Waals surface area (Å²) in [7, 11) is 0. The van der Waals surface area contributed by atoms with Gasteiger partial charge in [0.1, 0.15) is 0 Å². The van der Waals surface area contributed by atoms with Crippen molar-refractivity contribution in [1.82, 2.24) is 15.5 Å². The van der Waals surface area contributed by atoms with Crippen molar-refractivity contribution < 1.29 is 9.21 Å². The first-order chi connectivity index (χ1) is 11.1. The Labute approximate surface area is 141 Å². The number of nitrogens with one attached hydrogen (secondary N) is 1. The maximum Gasteiger partial charge on any atom is 0.251 e. The van der Waals surface area contributed by atoms with Crippen LogP contribution in [0.3, 0.4) is 0 Å². The number of nitrogens with zero attached hydrogens (tertiary/aromatic N) is 2. The summed E-state index contributed by atoms with van der Waals surface area (Å²) in [6.07, 6.45) is 0. The molecule has 0 aliphatic carbocycles. The van der Waals surface area contributed by atoms with Gasteiger partial charge in [0.2, 0.25) is 11.8 Å². The molecule has 5 nitrogen and oxygen atoms in total. The maximum atomic E-state index is 12.1. The normalized spacial score (nSPS) is 10.5. The number of amides is 1. The third-order valence-corrected chi connectivity index (χ3v) is 3.82. The molecule has 23 heavy (non-hydrogen) atoms. The summed E-state index contributed by atoms with van der Waals surface area (Å²) < 4.78 is 6.47. The van der Waals surface area contributed by atoms with Crippen LogP contribution in [0.25, 0.3) is 11.5 Å². The standard InChI is InChI=1S/C17H14BrN3O2/c1-11-5-2-3-8-14(11)17-21-20-15(23-17)10-19-16(22)12-6-4-7-13(18)9-12/h2-9H,10H2,1H3,(H,19,22). The average Bonchev–Trinajstić information content (AvgIpc) is 3.02. The first-order valence-electron chi connectivity index (χ1n) is 7.05. The van der Waals surface area contributed by atoms with Crippen LogP contribution in [0.4, 0.5) is 0 Å². The van der Waals surface area contributed by atoms with E-state index in [2.05, 4.69) is 31.4 Å². The quantitative estimate of drug-likeness (QED) is 0.758. The third kappa shape index (κ3) is 3.65. The van der Waals surface area contributed by atoms with Crippen LogP contribution in [0.15, 0.2) is 57.4 Å². The average molecular weight is 372 g/mol. The highest BCUT2D eigenvalue weighted by molar-refractivity contribution is 9.10. The van der Waals surface area contributed by atoms with Crippen molar-refractivity contribution in [1.29, 1.82) is 0 Å². The van der Waals surface area contributed by atoms with E-state index in [0.29, 0.717) is 17.3 Å². The molecule has 0 fully saturated rings. The van der Waals surface area contributed by atoms with Crippen LogP contribution in [0.2, 0.25) is 0 Å². The topological polar surface area (TPSA) is 68.0 Å². The zero-order valence-corrected chi connectivity index (χ0v) is 14.0. The number of aromatic nitrogens is 2. The molecule has 1 heterocycles. The summed E-state index contributed by atoms with van der Waals surface area (Å²) in [6.45, 7) is 2.17. The zero-order valence-electron chi connectivity index (χ0n) is 12.4. The van der Waals surface area contributed by atoms with Crippen LogP contribution < -0.4 is 5.32 Å². The summed E-state index contributed by atoms with van der Waals surface area (Å²) in [4.78, 5) is 12.1. The van der Waals surface area contributed by atoms with Crippen molar-refractivity contribution >= 4 is 21.8 Å². The molecule has 0 unspecified atom stereocenters. The fraction of sp³-hybridized carbons (Fsp3) is 0.118. The van der Waals surface area contributed by atoms with Crippen LogP contribution in [0.1, 0.15) is 21.8 Å². The van der Waals surface area contributed by atoms with E-state index in [1.807, 2.05) is 43.3 Å². The van der Waals surface area contributed by atoms with Gasteiger partial charge in [0.25, 0.3) is 5.91 Å². The number of aryl methyl sites for hydroxylation is 1. The second-order valence-electron chi connectivity index (χ2n) is 5.01. The second-order valence-corrected chi connectivity index (χ2v) is 5.92. The monoisotopic (exact) mass is 371 g/mol. The molecule has 0 saturated heterocycles. The van der Waals surface area contributed by atoms with Gasteiger partial charge in [-0.25, -0.2) is 0 Å². The van der Waals surface area contributed by atoms with E-state index >= 15 is 0 Å². The Bertz CT molecular complexity index is 845. The maximum absolute atomic E-state index is 12.1. The third-order valence-electron chi connectivity index (χ3n) is 3.33. The van der Waals surface area contributed by atoms with E-state index in [0.717, 1.165) is 15.6 Å². The molecule has 3 aromatic rings. The van der Waals surface area contributed by atoms with Gasteiger partial charge in [0.05, 0.1) is 6.54 Å². The number of rotatable bonds is 4. The van der Waals surface area contributed by atoms with Crippen LogP contribution in [-0.4, -0.2) is 16.1 Å². The fourth-order valence-electron chi connectivity index (χ4n) is 2.13. The van der Waals surface area contributed by atoms with Crippen molar-refractivity contribution in [3.05, 3.63) is 70.0 Å². The van der Waals surface area contributed by atoms with Gasteiger partial charge in [0.15, 0.2) is 0 Å². The summed E-state index contributed by atoms with van der Waals surface area (Å²) >= 11 is 3.34. The smallest absolute Gasteiger partial charge is 0.251 e. The lowest BCUT2D eigenvalue weighted by Gasteiger charge is -2.03. The highest BCUT2D eigenvalue weighted by atomic mass is 79.9. The minimum atomic E-state index is -0.193. The summed E-state index contributed by atoms with van der Waals surface area (Å²) in [5.74, 6) is 0.628. The number of halogens is 1. The number of benzene rings is 2. The number of carbonyl (C=O) groups excluding carboxylic acids is 1. The molecule has 6 heteroatoms. The highest BCUT2D eigenvalue weighted by Crippen LogP contribution is 2.21. The lowest BCUT2D eigenvalue weighted by molar-refractivity contribution is 0.0947. The molecule has 0 bridgehead atoms. The molecule has 0 aliphatic rings. The van der Waals surface area contributed by atoms with Gasteiger partial charge in [-0.1, -0.05) is 40.2 Å². The first kappa shape index (κ1) is 15.4. The largest absolute Gasteiger partial charge is 0.419 e. The Morgan fingerprint density at radius 1 is 1.17 bits per heavy atom. The first-order valence-corrected chi connectivity index (χ1v) is 7.85. The SMILES string of the molecule is Cc1ccccc1-c1nnc(CNC(=O)c2cccc(Br)c2)o1. The summed E-state index contributed by atoms with van der Waals surface area (Å²) in [5.41, 5.74) is 2.52. The predicted octanol–water partition coefficient (Wildman–Crippen LogP) is 3.74. The fourth-order valence-corrected chi connectivity index (χ4v) is 2.53. The Morgan fingerprint density at radius 2 is 2.00 bits per heavy atom. The Balaban J connectivity index is 1.68. The molecular formula is C17H14BrN3O2. The van der Waals surface area contributed by atoms with Gasteiger partial charge in [-0.3, -0.25) is 4.79 Å². The van der Waals surface area contributed by atoms with Crippen LogP contribution in [0, 0.1) is 6.92 Å². The van der Waals surface area contributed by atoms with Gasteiger partial charge in [-0.05, 0) is 36.8 Å². The minimum absolute atomic E-state index is 0.185. The Morgan fingerprint density at radius 3 is 2.78 bits per heavy atom. The zero-order chi connectivity index (χ0) is 16.2. The van der Waals surface area contributed by atoms with Crippen molar-refractivity contribution in [3.8, 4) is 11.5 Å². The molecule has 116 valence electrons. The molecule has 0 atom stereocenters. The molecule has 0 saturated carbocycles. The highest BCUT2D eigenvalue weighted by Gasteiger charge is 2.12. The lowest BCUT2D eigenvalue weighted by Crippen LogP contribution is -2.22. The molecule has 1 amide bonds. The van der Waals surface area contributed by atoms with E-state index in [9.17, 15) is 4.79 Å². The molecular weight excluding hydrogens is 358 g/mol. The van der Waals surface area contributed by atoms with Gasteiger partial charge in [0, 0.05) is 15.6 Å². The molecule has 1 N–H and O–H groups in total.